The lowest BCUT2D eigenvalue weighted by atomic mass is 10.1. The number of nitrogens with one attached hydrogen (secondary N) is 2. The predicted octanol–water partition coefficient (Wildman–Crippen LogP) is 6.43. The van der Waals surface area contributed by atoms with Crippen LogP contribution in [0.1, 0.15) is 5.56 Å². The van der Waals surface area contributed by atoms with Crippen LogP contribution in [0, 0.1) is 6.92 Å². The van der Waals surface area contributed by atoms with Gasteiger partial charge in [0.05, 0.1) is 18.4 Å². The van der Waals surface area contributed by atoms with Crippen molar-refractivity contribution in [3.8, 4) is 17.2 Å². The highest BCUT2D eigenvalue weighted by molar-refractivity contribution is 8.16. The van der Waals surface area contributed by atoms with Gasteiger partial charge in [-0.05, 0) is 67.6 Å². The van der Waals surface area contributed by atoms with E-state index in [9.17, 15) is 9.59 Å². The van der Waals surface area contributed by atoms with Crippen LogP contribution >= 0.6 is 11.8 Å². The first-order valence-corrected chi connectivity index (χ1v) is 13.7. The Labute approximate surface area is 242 Å². The van der Waals surface area contributed by atoms with E-state index in [1.165, 1.54) is 0 Å². The Morgan fingerprint density at radius 1 is 0.805 bits per heavy atom. The molecule has 0 saturated heterocycles. The molecule has 4 N–H and O–H groups in total. The summed E-state index contributed by atoms with van der Waals surface area (Å²) in [6.45, 7) is 1.98. The molecule has 1 atom stereocenters. The second-order valence-electron chi connectivity index (χ2n) is 9.20. The summed E-state index contributed by atoms with van der Waals surface area (Å²) in [7, 11) is 1.55. The highest BCUT2D eigenvalue weighted by Gasteiger charge is 2.38. The average molecular weight is 565 g/mol. The predicted molar refractivity (Wildman–Crippen MR) is 164 cm³/mol. The number of aliphatic imine (C=N–C) groups is 1. The van der Waals surface area contributed by atoms with E-state index < -0.39 is 11.2 Å². The zero-order valence-corrected chi connectivity index (χ0v) is 23.3. The highest BCUT2D eigenvalue weighted by Crippen LogP contribution is 2.36. The van der Waals surface area contributed by atoms with Crippen molar-refractivity contribution in [3.05, 3.63) is 120 Å². The summed E-state index contributed by atoms with van der Waals surface area (Å²) in [5.41, 5.74) is 9.58. The van der Waals surface area contributed by atoms with Crippen LogP contribution < -0.4 is 25.8 Å². The van der Waals surface area contributed by atoms with Crippen molar-refractivity contribution in [2.45, 2.75) is 12.2 Å². The number of nitrogens with two attached hydrogens (primary N) is 1. The second-order valence-corrected chi connectivity index (χ2v) is 10.3. The Morgan fingerprint density at radius 2 is 1.49 bits per heavy atom. The van der Waals surface area contributed by atoms with Crippen molar-refractivity contribution in [1.29, 1.82) is 0 Å². The molecule has 0 aliphatic carbocycles. The van der Waals surface area contributed by atoms with Gasteiger partial charge in [0, 0.05) is 23.1 Å². The fraction of sp³-hybridized carbons (Fsp3) is 0.0938. The van der Waals surface area contributed by atoms with Crippen LogP contribution in [0.5, 0.6) is 17.2 Å². The molecule has 0 unspecified atom stereocenters. The Bertz CT molecular complexity index is 1620. The zero-order valence-electron chi connectivity index (χ0n) is 22.5. The van der Waals surface area contributed by atoms with Crippen LogP contribution in [-0.2, 0) is 9.59 Å². The fourth-order valence-electron chi connectivity index (χ4n) is 4.06. The van der Waals surface area contributed by atoms with Crippen LogP contribution in [0.4, 0.5) is 17.1 Å². The molecule has 1 heterocycles. The number of thioether (sulfide) groups is 1. The smallest absolute Gasteiger partial charge is 0.260 e. The van der Waals surface area contributed by atoms with Crippen molar-refractivity contribution >= 4 is 45.7 Å². The van der Waals surface area contributed by atoms with Crippen molar-refractivity contribution in [2.24, 2.45) is 10.7 Å². The lowest BCUT2D eigenvalue weighted by molar-refractivity contribution is -0.115. The minimum atomic E-state index is -0.856. The molecule has 8 nitrogen and oxygen atoms in total. The van der Waals surface area contributed by atoms with E-state index in [1.54, 1.807) is 55.6 Å². The number of anilines is 2. The molecule has 0 fully saturated rings. The lowest BCUT2D eigenvalue weighted by Crippen LogP contribution is -2.29. The monoisotopic (exact) mass is 564 g/mol. The van der Waals surface area contributed by atoms with Crippen LogP contribution in [0.3, 0.4) is 0 Å². The standard InChI is InChI=1S/C32H28N4O4S/c1-20-11-13-22(14-12-20)36-32-27(30(37)35-23-7-6-10-26(19-23)39-2)28(33)29(41-32)31(38)34-21-15-17-25(18-16-21)40-24-8-4-3-5-9-24/h3-19,29H,33H2,1-2H3,(H,34,38)(H,35,37)/t29-/m0/s1. The van der Waals surface area contributed by atoms with Crippen molar-refractivity contribution < 1.29 is 19.1 Å². The molecule has 4 aromatic rings. The van der Waals surface area contributed by atoms with Gasteiger partial charge in [0.1, 0.15) is 27.5 Å². The number of methoxy groups -OCH3 is 1. The van der Waals surface area contributed by atoms with Gasteiger partial charge in [-0.1, -0.05) is 53.7 Å². The number of benzene rings is 4. The van der Waals surface area contributed by atoms with E-state index in [2.05, 4.69) is 15.6 Å². The Hall–Kier alpha value is -5.02. The number of carbonyl (C=O) groups is 2. The summed E-state index contributed by atoms with van der Waals surface area (Å²) in [5, 5.41) is 5.25. The van der Waals surface area contributed by atoms with E-state index in [0.29, 0.717) is 39.4 Å². The number of amides is 2. The van der Waals surface area contributed by atoms with Crippen molar-refractivity contribution in [2.75, 3.05) is 17.7 Å². The van der Waals surface area contributed by atoms with E-state index in [1.807, 2.05) is 61.5 Å². The maximum absolute atomic E-state index is 13.5. The Morgan fingerprint density at radius 3 is 2.20 bits per heavy atom. The first-order valence-electron chi connectivity index (χ1n) is 12.8. The molecule has 0 bridgehead atoms. The normalized spacial score (nSPS) is 15.5. The van der Waals surface area contributed by atoms with E-state index >= 15 is 0 Å². The lowest BCUT2D eigenvalue weighted by Gasteiger charge is -2.12. The molecule has 206 valence electrons. The SMILES string of the molecule is COc1cccc(NC(=O)C2=C(N)[C@@H](C(=O)Nc3ccc(Oc4ccccc4)cc3)SC2=Nc2ccc(C)cc2)c1. The first kappa shape index (κ1) is 27.5. The molecule has 41 heavy (non-hydrogen) atoms. The molecule has 2 amide bonds. The van der Waals surface area contributed by atoms with Gasteiger partial charge in [-0.2, -0.15) is 0 Å². The number of ether oxygens (including phenoxy) is 2. The summed E-state index contributed by atoms with van der Waals surface area (Å²) in [4.78, 5) is 31.5. The molecule has 1 aliphatic heterocycles. The number of carbonyl (C=O) groups excluding carboxylic acids is 2. The van der Waals surface area contributed by atoms with Crippen LogP contribution in [-0.4, -0.2) is 29.2 Å². The molecule has 9 heteroatoms. The molecule has 5 rings (SSSR count). The first-order chi connectivity index (χ1) is 19.9. The van der Waals surface area contributed by atoms with Gasteiger partial charge in [-0.3, -0.25) is 9.59 Å². The number of para-hydroxylation sites is 1. The van der Waals surface area contributed by atoms with Gasteiger partial charge in [0.2, 0.25) is 5.91 Å². The number of aryl methyl sites for hydroxylation is 1. The minimum absolute atomic E-state index is 0.128. The van der Waals surface area contributed by atoms with Crippen molar-refractivity contribution in [3.63, 3.8) is 0 Å². The van der Waals surface area contributed by atoms with Gasteiger partial charge in [0.15, 0.2) is 0 Å². The van der Waals surface area contributed by atoms with E-state index in [-0.39, 0.29) is 17.2 Å². The van der Waals surface area contributed by atoms with Gasteiger partial charge in [-0.25, -0.2) is 4.99 Å². The number of hydrogen-bond acceptors (Lipinski definition) is 7. The zero-order chi connectivity index (χ0) is 28.8. The van der Waals surface area contributed by atoms with E-state index in [4.69, 9.17) is 15.2 Å². The van der Waals surface area contributed by atoms with Gasteiger partial charge in [-0.15, -0.1) is 0 Å². The van der Waals surface area contributed by atoms with Gasteiger partial charge >= 0.3 is 0 Å². The molecule has 0 saturated carbocycles. The Kier molecular flexibility index (Phi) is 8.36. The van der Waals surface area contributed by atoms with Crippen LogP contribution in [0.2, 0.25) is 0 Å². The largest absolute Gasteiger partial charge is 0.497 e. The van der Waals surface area contributed by atoms with Gasteiger partial charge < -0.3 is 25.8 Å². The molecule has 0 radical (unpaired) electrons. The molecule has 0 spiro atoms. The highest BCUT2D eigenvalue weighted by atomic mass is 32.2. The summed E-state index contributed by atoms with van der Waals surface area (Å²) in [6.07, 6.45) is 0. The number of nitrogens with zero attached hydrogens (tertiary/aromatic N) is 1. The quantitative estimate of drug-likeness (QED) is 0.227. The number of rotatable bonds is 8. The topological polar surface area (TPSA) is 115 Å². The van der Waals surface area contributed by atoms with Crippen LogP contribution in [0.25, 0.3) is 0 Å². The second kappa shape index (κ2) is 12.4. The molecular formula is C32H28N4O4S. The molecule has 4 aromatic carbocycles. The summed E-state index contributed by atoms with van der Waals surface area (Å²) in [5.74, 6) is 1.10. The third-order valence-electron chi connectivity index (χ3n) is 6.17. The molecule has 1 aliphatic rings. The van der Waals surface area contributed by atoms with E-state index in [0.717, 1.165) is 17.3 Å². The van der Waals surface area contributed by atoms with Crippen molar-refractivity contribution in [1.82, 2.24) is 0 Å². The molecular weight excluding hydrogens is 536 g/mol. The summed E-state index contributed by atoms with van der Waals surface area (Å²) >= 11 is 1.13. The number of hydrogen-bond donors (Lipinski definition) is 3. The van der Waals surface area contributed by atoms with Crippen LogP contribution in [0.15, 0.2) is 119 Å². The maximum atomic E-state index is 13.5. The Balaban J connectivity index is 1.37. The third-order valence-corrected chi connectivity index (χ3v) is 7.40. The minimum Gasteiger partial charge on any atom is -0.497 e. The van der Waals surface area contributed by atoms with Gasteiger partial charge in [0.25, 0.3) is 5.91 Å². The fourth-order valence-corrected chi connectivity index (χ4v) is 5.18. The third kappa shape index (κ3) is 6.77. The summed E-state index contributed by atoms with van der Waals surface area (Å²) < 4.78 is 11.1. The average Bonchev–Trinajstić information content (AvgIpc) is 3.31. The summed E-state index contributed by atoms with van der Waals surface area (Å²) in [6, 6.07) is 31.0. The maximum Gasteiger partial charge on any atom is 0.260 e. The molecule has 0 aromatic heterocycles.